The van der Waals surface area contributed by atoms with E-state index in [1.165, 1.54) is 7.11 Å². The van der Waals surface area contributed by atoms with Crippen molar-refractivity contribution in [1.82, 2.24) is 15.2 Å². The van der Waals surface area contributed by atoms with Gasteiger partial charge in [0.1, 0.15) is 0 Å². The van der Waals surface area contributed by atoms with E-state index in [2.05, 4.69) is 20.5 Å². The molecule has 0 aliphatic heterocycles. The zero-order valence-electron chi connectivity index (χ0n) is 9.84. The molecule has 8 heteroatoms. The summed E-state index contributed by atoms with van der Waals surface area (Å²) in [4.78, 5) is 26.7. The van der Waals surface area contributed by atoms with Crippen LogP contribution in [0.3, 0.4) is 0 Å². The van der Waals surface area contributed by atoms with Gasteiger partial charge < -0.3 is 9.84 Å². The van der Waals surface area contributed by atoms with Crippen LogP contribution in [0.4, 0.5) is 5.95 Å². The highest BCUT2D eigenvalue weighted by Gasteiger charge is 2.38. The Labute approximate surface area is 103 Å². The number of hydrogen-bond donors (Lipinski definition) is 3. The molecule has 0 aromatic carbocycles. The van der Waals surface area contributed by atoms with Crippen LogP contribution in [0.15, 0.2) is 0 Å². The van der Waals surface area contributed by atoms with Crippen molar-refractivity contribution in [3.8, 4) is 6.01 Å². The minimum absolute atomic E-state index is 0.117. The highest BCUT2D eigenvalue weighted by molar-refractivity contribution is 5.94. The monoisotopic (exact) mass is 254 g/mol. The quantitative estimate of drug-likeness (QED) is 0.709. The van der Waals surface area contributed by atoms with Crippen LogP contribution >= 0.6 is 0 Å². The van der Waals surface area contributed by atoms with Gasteiger partial charge in [0.05, 0.1) is 18.9 Å². The highest BCUT2D eigenvalue weighted by atomic mass is 16.5. The van der Waals surface area contributed by atoms with Crippen molar-refractivity contribution in [3.63, 3.8) is 0 Å². The Balaban J connectivity index is 2.01. The molecule has 1 saturated carbocycles. The molecule has 1 heterocycles. The number of carbonyl (C=O) groups is 2. The van der Waals surface area contributed by atoms with Gasteiger partial charge in [-0.25, -0.2) is 5.10 Å². The number of aromatic amines is 1. The number of rotatable bonds is 4. The SMILES string of the molecule is COc1n[nH]c(NC(=O)[C@@H]2CCC[C@@H]2C(=O)O)n1. The van der Waals surface area contributed by atoms with Crippen molar-refractivity contribution in [1.29, 1.82) is 0 Å². The molecule has 18 heavy (non-hydrogen) atoms. The van der Waals surface area contributed by atoms with Crippen molar-refractivity contribution in [3.05, 3.63) is 0 Å². The van der Waals surface area contributed by atoms with Gasteiger partial charge in [0.25, 0.3) is 0 Å². The van der Waals surface area contributed by atoms with E-state index in [1.54, 1.807) is 0 Å². The molecule has 1 fully saturated rings. The number of amides is 1. The van der Waals surface area contributed by atoms with Crippen LogP contribution in [0.25, 0.3) is 0 Å². The summed E-state index contributed by atoms with van der Waals surface area (Å²) >= 11 is 0. The highest BCUT2D eigenvalue weighted by Crippen LogP contribution is 2.32. The average Bonchev–Trinajstić information content (AvgIpc) is 2.96. The molecule has 1 aromatic rings. The molecule has 2 rings (SSSR count). The normalized spacial score (nSPS) is 22.7. The lowest BCUT2D eigenvalue weighted by molar-refractivity contribution is -0.145. The number of carboxylic acids is 1. The van der Waals surface area contributed by atoms with Crippen molar-refractivity contribution >= 4 is 17.8 Å². The van der Waals surface area contributed by atoms with Gasteiger partial charge in [-0.2, -0.15) is 4.98 Å². The van der Waals surface area contributed by atoms with Gasteiger partial charge in [0.2, 0.25) is 11.9 Å². The number of carbonyl (C=O) groups excluding carboxylic acids is 1. The summed E-state index contributed by atoms with van der Waals surface area (Å²) in [6, 6.07) is 0.117. The number of aromatic nitrogens is 3. The van der Waals surface area contributed by atoms with Crippen LogP contribution in [0, 0.1) is 11.8 Å². The van der Waals surface area contributed by atoms with Gasteiger partial charge in [0.15, 0.2) is 0 Å². The molecule has 8 nitrogen and oxygen atoms in total. The molecule has 0 unspecified atom stereocenters. The first-order valence-electron chi connectivity index (χ1n) is 5.62. The van der Waals surface area contributed by atoms with E-state index in [1.807, 2.05) is 0 Å². The number of nitrogens with zero attached hydrogens (tertiary/aromatic N) is 2. The number of nitrogens with one attached hydrogen (secondary N) is 2. The number of H-pyrrole nitrogens is 1. The van der Waals surface area contributed by atoms with Crippen LogP contribution in [-0.4, -0.2) is 39.3 Å². The maximum atomic E-state index is 11.9. The van der Waals surface area contributed by atoms with E-state index in [9.17, 15) is 9.59 Å². The van der Waals surface area contributed by atoms with Gasteiger partial charge in [-0.15, -0.1) is 5.10 Å². The minimum atomic E-state index is -0.928. The number of anilines is 1. The molecule has 0 saturated heterocycles. The lowest BCUT2D eigenvalue weighted by Gasteiger charge is -2.13. The topological polar surface area (TPSA) is 117 Å². The van der Waals surface area contributed by atoms with E-state index < -0.39 is 17.8 Å². The van der Waals surface area contributed by atoms with Gasteiger partial charge in [-0.1, -0.05) is 6.42 Å². The molecule has 0 bridgehead atoms. The number of ether oxygens (including phenoxy) is 1. The Morgan fingerprint density at radius 1 is 1.44 bits per heavy atom. The molecule has 1 aliphatic carbocycles. The second-order valence-electron chi connectivity index (χ2n) is 4.14. The summed E-state index contributed by atoms with van der Waals surface area (Å²) in [5, 5.41) is 17.7. The van der Waals surface area contributed by atoms with Crippen LogP contribution in [0.1, 0.15) is 19.3 Å². The van der Waals surface area contributed by atoms with Crippen LogP contribution in [0.5, 0.6) is 6.01 Å². The van der Waals surface area contributed by atoms with E-state index in [0.29, 0.717) is 12.8 Å². The fourth-order valence-electron chi connectivity index (χ4n) is 2.17. The lowest BCUT2D eigenvalue weighted by atomic mass is 9.95. The van der Waals surface area contributed by atoms with E-state index in [-0.39, 0.29) is 17.9 Å². The van der Waals surface area contributed by atoms with E-state index in [4.69, 9.17) is 9.84 Å². The molecule has 3 N–H and O–H groups in total. The fourth-order valence-corrected chi connectivity index (χ4v) is 2.17. The second-order valence-corrected chi connectivity index (χ2v) is 4.14. The predicted octanol–water partition coefficient (Wildman–Crippen LogP) is 0.253. The number of hydrogen-bond acceptors (Lipinski definition) is 5. The number of methoxy groups -OCH3 is 1. The summed E-state index contributed by atoms with van der Waals surface area (Å²) in [5.41, 5.74) is 0. The fraction of sp³-hybridized carbons (Fsp3) is 0.600. The maximum absolute atomic E-state index is 11.9. The molecule has 98 valence electrons. The third kappa shape index (κ3) is 2.41. The molecule has 1 aliphatic rings. The first-order chi connectivity index (χ1) is 8.61. The Morgan fingerprint density at radius 3 is 2.78 bits per heavy atom. The Hall–Kier alpha value is -2.12. The van der Waals surface area contributed by atoms with Crippen molar-refractivity contribution in [2.75, 3.05) is 12.4 Å². The average molecular weight is 254 g/mol. The number of aliphatic carboxylic acids is 1. The zero-order chi connectivity index (χ0) is 13.1. The minimum Gasteiger partial charge on any atom is -0.481 e. The maximum Gasteiger partial charge on any atom is 0.336 e. The first-order valence-corrected chi connectivity index (χ1v) is 5.62. The predicted molar refractivity (Wildman–Crippen MR) is 60.0 cm³/mol. The van der Waals surface area contributed by atoms with Crippen LogP contribution < -0.4 is 10.1 Å². The standard InChI is InChI=1S/C10H14N4O4/c1-18-10-12-9(13-14-10)11-7(15)5-3-2-4-6(5)8(16)17/h5-6H,2-4H2,1H3,(H,16,17)(H2,11,12,13,14,15)/t5-,6+/m1/s1. The third-order valence-electron chi connectivity index (χ3n) is 3.06. The zero-order valence-corrected chi connectivity index (χ0v) is 9.84. The molecular formula is C10H14N4O4. The number of carboxylic acid groups (broad SMARTS) is 1. The summed E-state index contributed by atoms with van der Waals surface area (Å²) < 4.78 is 4.76. The van der Waals surface area contributed by atoms with Gasteiger partial charge in [-0.05, 0) is 12.8 Å². The molecule has 1 aromatic heterocycles. The second kappa shape index (κ2) is 5.03. The molecule has 2 atom stereocenters. The van der Waals surface area contributed by atoms with Crippen molar-refractivity contribution in [2.24, 2.45) is 11.8 Å². The summed E-state index contributed by atoms with van der Waals surface area (Å²) in [7, 11) is 1.41. The van der Waals surface area contributed by atoms with Gasteiger partial charge in [-0.3, -0.25) is 14.9 Å². The van der Waals surface area contributed by atoms with Crippen molar-refractivity contribution < 1.29 is 19.4 Å². The molecule has 1 amide bonds. The van der Waals surface area contributed by atoms with E-state index >= 15 is 0 Å². The van der Waals surface area contributed by atoms with E-state index in [0.717, 1.165) is 6.42 Å². The Morgan fingerprint density at radius 2 is 2.17 bits per heavy atom. The lowest BCUT2D eigenvalue weighted by Crippen LogP contribution is -2.30. The molecular weight excluding hydrogens is 240 g/mol. The Kier molecular flexibility index (Phi) is 3.45. The van der Waals surface area contributed by atoms with Crippen LogP contribution in [-0.2, 0) is 9.59 Å². The molecule has 0 radical (unpaired) electrons. The first kappa shape index (κ1) is 12.3. The van der Waals surface area contributed by atoms with Gasteiger partial charge >= 0.3 is 12.0 Å². The van der Waals surface area contributed by atoms with Crippen molar-refractivity contribution in [2.45, 2.75) is 19.3 Å². The summed E-state index contributed by atoms with van der Waals surface area (Å²) in [6.07, 6.45) is 1.86. The third-order valence-corrected chi connectivity index (χ3v) is 3.06. The largest absolute Gasteiger partial charge is 0.481 e. The van der Waals surface area contributed by atoms with Crippen LogP contribution in [0.2, 0.25) is 0 Å². The summed E-state index contributed by atoms with van der Waals surface area (Å²) in [6.45, 7) is 0. The Bertz CT molecular complexity index is 458. The van der Waals surface area contributed by atoms with Gasteiger partial charge in [0, 0.05) is 0 Å². The molecule has 0 spiro atoms. The summed E-state index contributed by atoms with van der Waals surface area (Å²) in [5.74, 6) is -2.25. The smallest absolute Gasteiger partial charge is 0.336 e.